The van der Waals surface area contributed by atoms with E-state index in [9.17, 15) is 14.9 Å². The van der Waals surface area contributed by atoms with Crippen molar-refractivity contribution in [2.45, 2.75) is 13.3 Å². The van der Waals surface area contributed by atoms with Crippen LogP contribution in [0.5, 0.6) is 5.75 Å². The van der Waals surface area contributed by atoms with Gasteiger partial charge in [0.25, 0.3) is 5.69 Å². The van der Waals surface area contributed by atoms with E-state index >= 15 is 0 Å². The Hall–Kier alpha value is -2.08. The summed E-state index contributed by atoms with van der Waals surface area (Å²) in [6, 6.07) is 3.92. The molecule has 1 aromatic rings. The van der Waals surface area contributed by atoms with Gasteiger partial charge in [-0.05, 0) is 18.6 Å². The van der Waals surface area contributed by atoms with Crippen molar-refractivity contribution in [3.05, 3.63) is 45.0 Å². The number of methoxy groups -OCH3 is 1. The molecular weight excluding hydrogens is 286 g/mol. The molecule has 1 aromatic carbocycles. The first kappa shape index (κ1) is 16.0. The van der Waals surface area contributed by atoms with Crippen LogP contribution >= 0.6 is 11.6 Å². The van der Waals surface area contributed by atoms with Crippen LogP contribution in [-0.4, -0.2) is 24.6 Å². The Labute approximate surface area is 121 Å². The highest BCUT2D eigenvalue weighted by Crippen LogP contribution is 2.28. The minimum absolute atomic E-state index is 0.110. The third kappa shape index (κ3) is 4.24. The fraction of sp³-hybridized carbons (Fsp3) is 0.308. The highest BCUT2D eigenvalue weighted by Gasteiger charge is 2.10. The van der Waals surface area contributed by atoms with E-state index in [0.717, 1.165) is 0 Å². The molecule has 1 rings (SSSR count). The van der Waals surface area contributed by atoms with Gasteiger partial charge in [0.15, 0.2) is 0 Å². The molecule has 0 radical (unpaired) electrons. The molecule has 0 saturated heterocycles. The Kier molecular flexibility index (Phi) is 5.99. The Morgan fingerprint density at radius 3 is 2.70 bits per heavy atom. The number of non-ortho nitro benzene ring substituents is 1. The number of esters is 1. The second kappa shape index (κ2) is 7.49. The fourth-order valence-electron chi connectivity index (χ4n) is 1.46. The van der Waals surface area contributed by atoms with Crippen molar-refractivity contribution in [3.63, 3.8) is 0 Å². The van der Waals surface area contributed by atoms with Crippen molar-refractivity contribution in [1.82, 2.24) is 0 Å². The van der Waals surface area contributed by atoms with Crippen LogP contribution in [0.4, 0.5) is 5.69 Å². The number of halogens is 1. The third-order valence-corrected chi connectivity index (χ3v) is 2.82. The van der Waals surface area contributed by atoms with E-state index in [2.05, 4.69) is 4.74 Å². The zero-order valence-electron chi connectivity index (χ0n) is 11.1. The maximum atomic E-state index is 11.3. The van der Waals surface area contributed by atoms with Gasteiger partial charge in [0.05, 0.1) is 17.1 Å². The minimum atomic E-state index is -0.540. The van der Waals surface area contributed by atoms with Crippen molar-refractivity contribution in [1.29, 1.82) is 0 Å². The smallest absolute Gasteiger partial charge is 0.333 e. The summed E-state index contributed by atoms with van der Waals surface area (Å²) >= 11 is 5.87. The Balaban J connectivity index is 2.73. The number of hydrogen-bond donors (Lipinski definition) is 0. The molecule has 0 aliphatic rings. The predicted molar refractivity (Wildman–Crippen MR) is 74.0 cm³/mol. The zero-order valence-corrected chi connectivity index (χ0v) is 11.8. The number of hydrogen-bond acceptors (Lipinski definition) is 5. The van der Waals surface area contributed by atoms with Crippen molar-refractivity contribution in [2.24, 2.45) is 0 Å². The third-order valence-electron chi connectivity index (χ3n) is 2.52. The Morgan fingerprint density at radius 1 is 1.50 bits per heavy atom. The van der Waals surface area contributed by atoms with Crippen LogP contribution in [-0.2, 0) is 9.53 Å². The minimum Gasteiger partial charge on any atom is -0.488 e. The topological polar surface area (TPSA) is 78.7 Å². The van der Waals surface area contributed by atoms with Crippen LogP contribution in [0, 0.1) is 10.1 Å². The van der Waals surface area contributed by atoms with Gasteiger partial charge in [-0.2, -0.15) is 0 Å². The molecular formula is C13H14ClNO5. The van der Waals surface area contributed by atoms with Gasteiger partial charge in [-0.1, -0.05) is 18.5 Å². The van der Waals surface area contributed by atoms with Crippen LogP contribution in [0.1, 0.15) is 13.3 Å². The van der Waals surface area contributed by atoms with E-state index in [1.165, 1.54) is 25.3 Å². The molecule has 20 heavy (non-hydrogen) atoms. The highest BCUT2D eigenvalue weighted by molar-refractivity contribution is 6.32. The van der Waals surface area contributed by atoms with Gasteiger partial charge in [0.1, 0.15) is 12.4 Å². The summed E-state index contributed by atoms with van der Waals surface area (Å²) in [6.07, 6.45) is 2.10. The van der Waals surface area contributed by atoms with E-state index in [1.807, 2.05) is 6.92 Å². The standard InChI is InChI=1S/C13H14ClNO5/c1-3-9(13(16)19-2)6-7-20-12-5-4-10(15(17)18)8-11(12)14/h4-6,8H,3,7H2,1-2H3. The van der Waals surface area contributed by atoms with Gasteiger partial charge in [-0.15, -0.1) is 0 Å². The van der Waals surface area contributed by atoms with E-state index < -0.39 is 10.9 Å². The molecule has 0 heterocycles. The normalized spacial score (nSPS) is 11.1. The molecule has 0 fully saturated rings. The van der Waals surface area contributed by atoms with E-state index in [4.69, 9.17) is 16.3 Å². The maximum absolute atomic E-state index is 11.3. The first-order valence-corrected chi connectivity index (χ1v) is 6.21. The van der Waals surface area contributed by atoms with Gasteiger partial charge in [-0.25, -0.2) is 4.79 Å². The number of rotatable bonds is 6. The summed E-state index contributed by atoms with van der Waals surface area (Å²) < 4.78 is 9.97. The number of carbonyl (C=O) groups is 1. The molecule has 0 unspecified atom stereocenters. The molecule has 0 saturated carbocycles. The molecule has 0 N–H and O–H groups in total. The van der Waals surface area contributed by atoms with E-state index in [-0.39, 0.29) is 17.3 Å². The summed E-state index contributed by atoms with van der Waals surface area (Å²) in [5.74, 6) is -0.0975. The lowest BCUT2D eigenvalue weighted by atomic mass is 10.2. The monoisotopic (exact) mass is 299 g/mol. The first-order valence-electron chi connectivity index (χ1n) is 5.83. The van der Waals surface area contributed by atoms with Crippen molar-refractivity contribution >= 4 is 23.3 Å². The molecule has 0 bridgehead atoms. The summed E-state index contributed by atoms with van der Waals surface area (Å²) in [6.45, 7) is 1.94. The lowest BCUT2D eigenvalue weighted by molar-refractivity contribution is -0.384. The Bertz CT molecular complexity index is 542. The zero-order chi connectivity index (χ0) is 15.1. The van der Waals surface area contributed by atoms with Crippen LogP contribution in [0.15, 0.2) is 29.8 Å². The molecule has 0 aliphatic heterocycles. The summed E-state index contributed by atoms with van der Waals surface area (Å²) in [4.78, 5) is 21.3. The summed E-state index contributed by atoms with van der Waals surface area (Å²) in [7, 11) is 1.31. The number of carbonyl (C=O) groups excluding carboxylic acids is 1. The number of benzene rings is 1. The van der Waals surface area contributed by atoms with Crippen molar-refractivity contribution in [2.75, 3.05) is 13.7 Å². The average molecular weight is 300 g/mol. The second-order valence-electron chi connectivity index (χ2n) is 3.76. The van der Waals surface area contributed by atoms with E-state index in [0.29, 0.717) is 17.7 Å². The SMILES string of the molecule is CCC(=CCOc1ccc([N+](=O)[O-])cc1Cl)C(=O)OC. The second-order valence-corrected chi connectivity index (χ2v) is 4.16. The van der Waals surface area contributed by atoms with Gasteiger partial charge in [-0.3, -0.25) is 10.1 Å². The number of ether oxygens (including phenoxy) is 2. The summed E-state index contributed by atoms with van der Waals surface area (Å²) in [5.41, 5.74) is 0.382. The van der Waals surface area contributed by atoms with Crippen molar-refractivity contribution in [3.8, 4) is 5.75 Å². The summed E-state index contributed by atoms with van der Waals surface area (Å²) in [5, 5.41) is 10.7. The molecule has 6 nitrogen and oxygen atoms in total. The molecule has 0 atom stereocenters. The molecule has 0 aromatic heterocycles. The lowest BCUT2D eigenvalue weighted by Gasteiger charge is -2.06. The average Bonchev–Trinajstić information content (AvgIpc) is 2.44. The van der Waals surface area contributed by atoms with Crippen LogP contribution in [0.2, 0.25) is 5.02 Å². The largest absolute Gasteiger partial charge is 0.488 e. The van der Waals surface area contributed by atoms with Gasteiger partial charge in [0, 0.05) is 17.7 Å². The van der Waals surface area contributed by atoms with Gasteiger partial charge < -0.3 is 9.47 Å². The fourth-order valence-corrected chi connectivity index (χ4v) is 1.68. The predicted octanol–water partition coefficient (Wildman–Crippen LogP) is 3.14. The van der Waals surface area contributed by atoms with Crippen molar-refractivity contribution < 1.29 is 19.2 Å². The molecule has 108 valence electrons. The maximum Gasteiger partial charge on any atom is 0.333 e. The quantitative estimate of drug-likeness (QED) is 0.349. The van der Waals surface area contributed by atoms with Gasteiger partial charge in [0.2, 0.25) is 0 Å². The molecule has 7 heteroatoms. The number of nitrogens with zero attached hydrogens (tertiary/aromatic N) is 1. The molecule has 0 spiro atoms. The number of nitro groups is 1. The number of nitro benzene ring substituents is 1. The first-order chi connectivity index (χ1) is 9.49. The lowest BCUT2D eigenvalue weighted by Crippen LogP contribution is -2.06. The molecule has 0 aliphatic carbocycles. The highest BCUT2D eigenvalue weighted by atomic mass is 35.5. The van der Waals surface area contributed by atoms with E-state index in [1.54, 1.807) is 6.08 Å². The van der Waals surface area contributed by atoms with Crippen LogP contribution in [0.25, 0.3) is 0 Å². The Morgan fingerprint density at radius 2 is 2.20 bits per heavy atom. The molecule has 0 amide bonds. The van der Waals surface area contributed by atoms with Crippen LogP contribution < -0.4 is 4.74 Å². The van der Waals surface area contributed by atoms with Crippen LogP contribution in [0.3, 0.4) is 0 Å². The van der Waals surface area contributed by atoms with Gasteiger partial charge >= 0.3 is 5.97 Å².